The Hall–Kier alpha value is -2.63. The number of esters is 1. The molecule has 6 nitrogen and oxygen atoms in total. The van der Waals surface area contributed by atoms with Gasteiger partial charge in [0.1, 0.15) is 0 Å². The maximum absolute atomic E-state index is 12.8. The van der Waals surface area contributed by atoms with Gasteiger partial charge >= 0.3 is 5.97 Å². The van der Waals surface area contributed by atoms with Crippen LogP contribution in [0.4, 0.5) is 5.69 Å². The van der Waals surface area contributed by atoms with Crippen molar-refractivity contribution in [2.45, 2.75) is 32.6 Å². The number of hydrogen-bond donors (Lipinski definition) is 1. The Labute approximate surface area is 147 Å². The van der Waals surface area contributed by atoms with Gasteiger partial charge in [-0.2, -0.15) is 0 Å². The number of carbonyl (C=O) groups is 3. The molecule has 2 rings (SSSR count). The highest BCUT2D eigenvalue weighted by molar-refractivity contribution is 6.07. The molecule has 1 aromatic carbocycles. The fraction of sp³-hybridized carbons (Fsp3) is 0.421. The fourth-order valence-corrected chi connectivity index (χ4v) is 2.73. The van der Waals surface area contributed by atoms with Crippen molar-refractivity contribution in [3.8, 4) is 0 Å². The fourth-order valence-electron chi connectivity index (χ4n) is 2.73. The quantitative estimate of drug-likeness (QED) is 0.658. The van der Waals surface area contributed by atoms with Gasteiger partial charge in [-0.3, -0.25) is 9.59 Å². The summed E-state index contributed by atoms with van der Waals surface area (Å²) in [5.74, 6) is -1.14. The first kappa shape index (κ1) is 18.7. The third-order valence-electron chi connectivity index (χ3n) is 3.97. The first-order valence-electron chi connectivity index (χ1n) is 8.66. The molecule has 0 aromatic heterocycles. The van der Waals surface area contributed by atoms with Crippen molar-refractivity contribution in [3.05, 3.63) is 42.0 Å². The van der Waals surface area contributed by atoms with Crippen molar-refractivity contribution in [2.24, 2.45) is 0 Å². The Bertz CT molecular complexity index is 647. The van der Waals surface area contributed by atoms with Gasteiger partial charge in [-0.15, -0.1) is 0 Å². The minimum Gasteiger partial charge on any atom is -0.463 e. The summed E-state index contributed by atoms with van der Waals surface area (Å²) in [4.78, 5) is 37.9. The number of para-hydroxylation sites is 1. The molecule has 1 aromatic rings. The van der Waals surface area contributed by atoms with Crippen LogP contribution >= 0.6 is 0 Å². The number of hydrogen-bond acceptors (Lipinski definition) is 4. The van der Waals surface area contributed by atoms with Crippen molar-refractivity contribution < 1.29 is 19.1 Å². The van der Waals surface area contributed by atoms with Crippen LogP contribution in [-0.4, -0.2) is 42.4 Å². The average molecular weight is 344 g/mol. The van der Waals surface area contributed by atoms with Crippen molar-refractivity contribution in [1.29, 1.82) is 0 Å². The lowest BCUT2D eigenvalue weighted by Gasteiger charge is -2.21. The van der Waals surface area contributed by atoms with E-state index in [1.165, 1.54) is 0 Å². The number of ether oxygens (including phenoxy) is 1. The molecule has 1 fully saturated rings. The second kappa shape index (κ2) is 9.61. The van der Waals surface area contributed by atoms with E-state index < -0.39 is 11.9 Å². The minimum absolute atomic E-state index is 0.0767. The lowest BCUT2D eigenvalue weighted by Crippen LogP contribution is -2.32. The van der Waals surface area contributed by atoms with Gasteiger partial charge < -0.3 is 15.0 Å². The van der Waals surface area contributed by atoms with E-state index in [0.29, 0.717) is 11.3 Å². The molecule has 1 aliphatic heterocycles. The molecular formula is C19H24N2O4. The van der Waals surface area contributed by atoms with Crippen molar-refractivity contribution >= 4 is 23.5 Å². The molecule has 0 radical (unpaired) electrons. The summed E-state index contributed by atoms with van der Waals surface area (Å²) in [6, 6.07) is 6.91. The second-order valence-corrected chi connectivity index (χ2v) is 5.83. The molecule has 1 heterocycles. The zero-order chi connectivity index (χ0) is 18.1. The predicted molar refractivity (Wildman–Crippen MR) is 95.2 cm³/mol. The summed E-state index contributed by atoms with van der Waals surface area (Å²) in [7, 11) is 0. The Morgan fingerprint density at radius 1 is 1.08 bits per heavy atom. The SMILES string of the molecule is CCOC(=O)C=CC(=O)Nc1ccccc1C(=O)N1CCCCCC1. The van der Waals surface area contributed by atoms with Crippen LogP contribution in [0.3, 0.4) is 0 Å². The van der Waals surface area contributed by atoms with Gasteiger partial charge in [0.15, 0.2) is 0 Å². The zero-order valence-corrected chi connectivity index (χ0v) is 14.5. The summed E-state index contributed by atoms with van der Waals surface area (Å²) in [6.07, 6.45) is 6.45. The van der Waals surface area contributed by atoms with E-state index in [4.69, 9.17) is 4.74 Å². The molecule has 25 heavy (non-hydrogen) atoms. The second-order valence-electron chi connectivity index (χ2n) is 5.83. The number of nitrogens with one attached hydrogen (secondary N) is 1. The van der Waals surface area contributed by atoms with Gasteiger partial charge in [-0.05, 0) is 31.9 Å². The largest absolute Gasteiger partial charge is 0.463 e. The van der Waals surface area contributed by atoms with Crippen LogP contribution in [0.1, 0.15) is 43.0 Å². The third-order valence-corrected chi connectivity index (χ3v) is 3.97. The van der Waals surface area contributed by atoms with Gasteiger partial charge in [0.25, 0.3) is 5.91 Å². The maximum atomic E-state index is 12.8. The number of amides is 2. The maximum Gasteiger partial charge on any atom is 0.330 e. The van der Waals surface area contributed by atoms with E-state index in [0.717, 1.165) is 50.9 Å². The predicted octanol–water partition coefficient (Wildman–Crippen LogP) is 2.76. The Morgan fingerprint density at radius 2 is 1.76 bits per heavy atom. The zero-order valence-electron chi connectivity index (χ0n) is 14.5. The lowest BCUT2D eigenvalue weighted by atomic mass is 10.1. The molecule has 0 unspecified atom stereocenters. The van der Waals surface area contributed by atoms with Crippen LogP contribution in [0.5, 0.6) is 0 Å². The number of carbonyl (C=O) groups excluding carboxylic acids is 3. The van der Waals surface area contributed by atoms with Gasteiger partial charge in [0.05, 0.1) is 17.9 Å². The topological polar surface area (TPSA) is 75.7 Å². The molecule has 0 aliphatic carbocycles. The summed E-state index contributed by atoms with van der Waals surface area (Å²) in [6.45, 7) is 3.42. The summed E-state index contributed by atoms with van der Waals surface area (Å²) < 4.78 is 4.73. The molecule has 0 bridgehead atoms. The molecule has 0 saturated carbocycles. The van der Waals surface area contributed by atoms with E-state index in [1.807, 2.05) is 4.90 Å². The monoisotopic (exact) mass is 344 g/mol. The highest BCUT2D eigenvalue weighted by atomic mass is 16.5. The minimum atomic E-state index is -0.577. The first-order valence-corrected chi connectivity index (χ1v) is 8.66. The summed E-state index contributed by atoms with van der Waals surface area (Å²) >= 11 is 0. The Kier molecular flexibility index (Phi) is 7.19. The lowest BCUT2D eigenvalue weighted by molar-refractivity contribution is -0.137. The van der Waals surface area contributed by atoms with Gasteiger partial charge in [-0.25, -0.2) is 4.79 Å². The standard InChI is InChI=1S/C19H24N2O4/c1-2-25-18(23)12-11-17(22)20-16-10-6-5-9-15(16)19(24)21-13-7-3-4-8-14-21/h5-6,9-12H,2-4,7-8,13-14H2,1H3,(H,20,22). The molecule has 1 aliphatic rings. The normalized spacial score (nSPS) is 14.8. The molecule has 0 atom stereocenters. The van der Waals surface area contributed by atoms with Crippen molar-refractivity contribution in [2.75, 3.05) is 25.0 Å². The van der Waals surface area contributed by atoms with Crippen LogP contribution in [0.15, 0.2) is 36.4 Å². The molecule has 0 spiro atoms. The van der Waals surface area contributed by atoms with Gasteiger partial charge in [0, 0.05) is 25.2 Å². The van der Waals surface area contributed by atoms with Crippen molar-refractivity contribution in [3.63, 3.8) is 0 Å². The van der Waals surface area contributed by atoms with E-state index in [2.05, 4.69) is 5.32 Å². The van der Waals surface area contributed by atoms with Gasteiger partial charge in [-0.1, -0.05) is 25.0 Å². The number of likely N-dealkylation sites (tertiary alicyclic amines) is 1. The Balaban J connectivity index is 2.08. The average Bonchev–Trinajstić information content (AvgIpc) is 2.89. The third kappa shape index (κ3) is 5.74. The first-order chi connectivity index (χ1) is 12.1. The molecule has 2 amide bonds. The van der Waals surface area contributed by atoms with Crippen LogP contribution in [0.25, 0.3) is 0 Å². The molecule has 134 valence electrons. The van der Waals surface area contributed by atoms with E-state index in [1.54, 1.807) is 31.2 Å². The van der Waals surface area contributed by atoms with E-state index in [9.17, 15) is 14.4 Å². The summed E-state index contributed by atoms with van der Waals surface area (Å²) in [5.41, 5.74) is 0.901. The Morgan fingerprint density at radius 3 is 2.44 bits per heavy atom. The molecule has 6 heteroatoms. The highest BCUT2D eigenvalue weighted by Crippen LogP contribution is 2.20. The molecule has 1 saturated heterocycles. The van der Waals surface area contributed by atoms with Gasteiger partial charge in [0.2, 0.25) is 5.91 Å². The smallest absolute Gasteiger partial charge is 0.330 e. The molecular weight excluding hydrogens is 320 g/mol. The summed E-state index contributed by atoms with van der Waals surface area (Å²) in [5, 5.41) is 2.66. The van der Waals surface area contributed by atoms with Crippen molar-refractivity contribution in [1.82, 2.24) is 4.90 Å². The number of anilines is 1. The number of benzene rings is 1. The van der Waals surface area contributed by atoms with Crippen LogP contribution in [0.2, 0.25) is 0 Å². The molecule has 1 N–H and O–H groups in total. The number of rotatable bonds is 5. The number of nitrogens with zero attached hydrogens (tertiary/aromatic N) is 1. The van der Waals surface area contributed by atoms with E-state index >= 15 is 0 Å². The highest BCUT2D eigenvalue weighted by Gasteiger charge is 2.20. The van der Waals surface area contributed by atoms with Crippen LogP contribution < -0.4 is 5.32 Å². The van der Waals surface area contributed by atoms with E-state index in [-0.39, 0.29) is 12.5 Å². The van der Waals surface area contributed by atoms with Crippen LogP contribution in [0, 0.1) is 0 Å². The van der Waals surface area contributed by atoms with Crippen LogP contribution in [-0.2, 0) is 14.3 Å².